The average Bonchev–Trinajstić information content (AvgIpc) is 2.98. The largest absolute Gasteiger partial charge is 0.491 e. The molecule has 0 spiro atoms. The highest BCUT2D eigenvalue weighted by Gasteiger charge is 2.31. The number of ether oxygens (including phenoxy) is 2. The van der Waals surface area contributed by atoms with Crippen molar-refractivity contribution in [3.8, 4) is 17.0 Å². The standard InChI is InChI=1S/C28H36N4O8/c1-2-3-16-40-28(38)32-13-11-31(12-14-32)27(37)22(9-10-25(34)35)30-26(36)24-19-21(39-17-15-33)18-23(29-24)20-7-5-4-6-8-20/h4-8,18-19,22,33H,2-3,9-17H2,1H3,(H,30,36)(H,34,35)/t22-/m0/s1. The number of carbonyl (C=O) groups excluding carboxylic acids is 3. The van der Waals surface area contributed by atoms with Gasteiger partial charge in [-0.25, -0.2) is 9.78 Å². The first-order valence-electron chi connectivity index (χ1n) is 13.4. The Kier molecular flexibility index (Phi) is 11.7. The minimum atomic E-state index is -1.12. The molecule has 0 radical (unpaired) electrons. The van der Waals surface area contributed by atoms with Crippen LogP contribution in [-0.4, -0.2) is 101 Å². The van der Waals surface area contributed by atoms with Gasteiger partial charge in [0, 0.05) is 50.3 Å². The highest BCUT2D eigenvalue weighted by Crippen LogP contribution is 2.23. The van der Waals surface area contributed by atoms with E-state index in [0.29, 0.717) is 18.1 Å². The van der Waals surface area contributed by atoms with Crippen LogP contribution < -0.4 is 10.1 Å². The summed E-state index contributed by atoms with van der Waals surface area (Å²) in [4.78, 5) is 57.7. The Morgan fingerprint density at radius 3 is 2.38 bits per heavy atom. The van der Waals surface area contributed by atoms with Gasteiger partial charge in [0.05, 0.1) is 18.9 Å². The first-order valence-corrected chi connectivity index (χ1v) is 13.4. The number of carbonyl (C=O) groups is 4. The maximum absolute atomic E-state index is 13.4. The zero-order valence-corrected chi connectivity index (χ0v) is 22.6. The number of nitrogens with one attached hydrogen (secondary N) is 1. The molecule has 1 atom stereocenters. The molecule has 1 aliphatic rings. The Morgan fingerprint density at radius 2 is 1.73 bits per heavy atom. The van der Waals surface area contributed by atoms with E-state index in [1.54, 1.807) is 6.07 Å². The summed E-state index contributed by atoms with van der Waals surface area (Å²) in [5.74, 6) is -1.91. The second-order valence-electron chi connectivity index (χ2n) is 9.25. The van der Waals surface area contributed by atoms with E-state index in [2.05, 4.69) is 10.3 Å². The molecule has 1 aliphatic heterocycles. The van der Waals surface area contributed by atoms with Gasteiger partial charge < -0.3 is 34.8 Å². The Bertz CT molecular complexity index is 1150. The average molecular weight is 557 g/mol. The summed E-state index contributed by atoms with van der Waals surface area (Å²) < 4.78 is 10.8. The van der Waals surface area contributed by atoms with Gasteiger partial charge in [-0.3, -0.25) is 14.4 Å². The van der Waals surface area contributed by atoms with Crippen LogP contribution in [0.4, 0.5) is 4.79 Å². The molecule has 12 heteroatoms. The Morgan fingerprint density at radius 1 is 1.02 bits per heavy atom. The molecule has 12 nitrogen and oxygen atoms in total. The number of nitrogens with zero attached hydrogens (tertiary/aromatic N) is 3. The fourth-order valence-corrected chi connectivity index (χ4v) is 4.11. The fourth-order valence-electron chi connectivity index (χ4n) is 4.11. The molecule has 3 amide bonds. The number of carboxylic acid groups (broad SMARTS) is 1. The summed E-state index contributed by atoms with van der Waals surface area (Å²) in [5.41, 5.74) is 1.16. The van der Waals surface area contributed by atoms with Gasteiger partial charge in [0.1, 0.15) is 24.1 Å². The molecular formula is C28H36N4O8. The summed E-state index contributed by atoms with van der Waals surface area (Å²) in [6.07, 6.45) is 0.795. The molecule has 1 aromatic carbocycles. The predicted molar refractivity (Wildman–Crippen MR) is 145 cm³/mol. The number of aliphatic carboxylic acids is 1. The van der Waals surface area contributed by atoms with Crippen molar-refractivity contribution < 1.29 is 38.9 Å². The number of hydrogen-bond acceptors (Lipinski definition) is 8. The van der Waals surface area contributed by atoms with Crippen LogP contribution in [-0.2, 0) is 14.3 Å². The van der Waals surface area contributed by atoms with Crippen molar-refractivity contribution in [1.82, 2.24) is 20.1 Å². The summed E-state index contributed by atoms with van der Waals surface area (Å²) in [6.45, 7) is 3.11. The highest BCUT2D eigenvalue weighted by atomic mass is 16.6. The van der Waals surface area contributed by atoms with Gasteiger partial charge >= 0.3 is 12.1 Å². The monoisotopic (exact) mass is 556 g/mol. The van der Waals surface area contributed by atoms with Crippen molar-refractivity contribution >= 4 is 23.9 Å². The second kappa shape index (κ2) is 15.4. The smallest absolute Gasteiger partial charge is 0.409 e. The quantitative estimate of drug-likeness (QED) is 0.314. The molecule has 3 rings (SSSR count). The Labute approximate surface area is 232 Å². The third-order valence-corrected chi connectivity index (χ3v) is 6.28. The van der Waals surface area contributed by atoms with Crippen molar-refractivity contribution in [1.29, 1.82) is 0 Å². The molecule has 2 aromatic rings. The summed E-state index contributed by atoms with van der Waals surface area (Å²) >= 11 is 0. The van der Waals surface area contributed by atoms with Crippen molar-refractivity contribution in [3.63, 3.8) is 0 Å². The summed E-state index contributed by atoms with van der Waals surface area (Å²) in [5, 5.41) is 21.0. The van der Waals surface area contributed by atoms with Crippen LogP contribution in [0.5, 0.6) is 5.75 Å². The van der Waals surface area contributed by atoms with Crippen molar-refractivity contribution in [2.75, 3.05) is 46.0 Å². The van der Waals surface area contributed by atoms with E-state index in [1.807, 2.05) is 37.3 Å². The molecule has 1 aromatic heterocycles. The normalized spacial score (nSPS) is 13.8. The summed E-state index contributed by atoms with van der Waals surface area (Å²) in [7, 11) is 0. The molecule has 3 N–H and O–H groups in total. The molecule has 40 heavy (non-hydrogen) atoms. The minimum absolute atomic E-state index is 0.0111. The van der Waals surface area contributed by atoms with Crippen LogP contribution >= 0.6 is 0 Å². The third kappa shape index (κ3) is 8.94. The maximum atomic E-state index is 13.4. The van der Waals surface area contributed by atoms with Gasteiger partial charge in [-0.1, -0.05) is 43.7 Å². The second-order valence-corrected chi connectivity index (χ2v) is 9.25. The topological polar surface area (TPSA) is 159 Å². The number of amides is 3. The van der Waals surface area contributed by atoms with E-state index >= 15 is 0 Å². The molecule has 0 bridgehead atoms. The number of aromatic nitrogens is 1. The van der Waals surface area contributed by atoms with Crippen LogP contribution in [0.25, 0.3) is 11.3 Å². The van der Waals surface area contributed by atoms with Crippen LogP contribution in [0.15, 0.2) is 42.5 Å². The first-order chi connectivity index (χ1) is 19.3. The zero-order chi connectivity index (χ0) is 28.9. The number of benzene rings is 1. The van der Waals surface area contributed by atoms with Crippen molar-refractivity contribution in [3.05, 3.63) is 48.2 Å². The van der Waals surface area contributed by atoms with Gasteiger partial charge in [-0.15, -0.1) is 0 Å². The molecule has 1 fully saturated rings. The first kappa shape index (κ1) is 30.4. The maximum Gasteiger partial charge on any atom is 0.409 e. The lowest BCUT2D eigenvalue weighted by atomic mass is 10.1. The number of aliphatic hydroxyl groups excluding tert-OH is 1. The predicted octanol–water partition coefficient (Wildman–Crippen LogP) is 2.16. The number of carboxylic acids is 1. The summed E-state index contributed by atoms with van der Waals surface area (Å²) in [6, 6.07) is 11.1. The number of pyridine rings is 1. The van der Waals surface area contributed by atoms with E-state index in [9.17, 15) is 24.3 Å². The Balaban J connectivity index is 1.73. The van der Waals surface area contributed by atoms with Gasteiger partial charge in [0.15, 0.2) is 0 Å². The lowest BCUT2D eigenvalue weighted by Gasteiger charge is -2.36. The number of unbranched alkanes of at least 4 members (excludes halogenated alkanes) is 1. The Hall–Kier alpha value is -4.19. The van der Waals surface area contributed by atoms with Crippen LogP contribution in [0.1, 0.15) is 43.1 Å². The molecule has 1 saturated heterocycles. The van der Waals surface area contributed by atoms with Crippen molar-refractivity contribution in [2.24, 2.45) is 0 Å². The molecular weight excluding hydrogens is 520 g/mol. The highest BCUT2D eigenvalue weighted by molar-refractivity contribution is 5.97. The van der Waals surface area contributed by atoms with Gasteiger partial charge in [0.25, 0.3) is 5.91 Å². The number of piperazine rings is 1. The van der Waals surface area contributed by atoms with E-state index in [-0.39, 0.29) is 57.9 Å². The van der Waals surface area contributed by atoms with Gasteiger partial charge in [-0.05, 0) is 12.8 Å². The third-order valence-electron chi connectivity index (χ3n) is 6.28. The molecule has 0 saturated carbocycles. The molecule has 2 heterocycles. The zero-order valence-electron chi connectivity index (χ0n) is 22.6. The van der Waals surface area contributed by atoms with Gasteiger partial charge in [-0.2, -0.15) is 0 Å². The minimum Gasteiger partial charge on any atom is -0.491 e. The van der Waals surface area contributed by atoms with E-state index in [4.69, 9.17) is 14.6 Å². The van der Waals surface area contributed by atoms with E-state index in [1.165, 1.54) is 15.9 Å². The molecule has 0 aliphatic carbocycles. The van der Waals surface area contributed by atoms with E-state index < -0.39 is 29.9 Å². The lowest BCUT2D eigenvalue weighted by Crippen LogP contribution is -2.56. The number of hydrogen-bond donors (Lipinski definition) is 3. The van der Waals surface area contributed by atoms with E-state index in [0.717, 1.165) is 18.4 Å². The fraction of sp³-hybridized carbons (Fsp3) is 0.464. The number of rotatable bonds is 13. The SMILES string of the molecule is CCCCOC(=O)N1CCN(C(=O)[C@H](CCC(=O)O)NC(=O)c2cc(OCCO)cc(-c3ccccc3)n2)CC1. The van der Waals surface area contributed by atoms with Crippen LogP contribution in [0.2, 0.25) is 0 Å². The molecule has 0 unspecified atom stereocenters. The number of aliphatic hydroxyl groups is 1. The van der Waals surface area contributed by atoms with Crippen LogP contribution in [0, 0.1) is 0 Å². The van der Waals surface area contributed by atoms with Gasteiger partial charge in [0.2, 0.25) is 5.91 Å². The molecule has 216 valence electrons. The lowest BCUT2D eigenvalue weighted by molar-refractivity contribution is -0.138. The van der Waals surface area contributed by atoms with Crippen LogP contribution in [0.3, 0.4) is 0 Å². The van der Waals surface area contributed by atoms with Crippen molar-refractivity contribution in [2.45, 2.75) is 38.6 Å².